The van der Waals surface area contributed by atoms with Gasteiger partial charge in [0.05, 0.1) is 19.9 Å². The first kappa shape index (κ1) is 23.1. The summed E-state index contributed by atoms with van der Waals surface area (Å²) in [4.78, 5) is 17.6. The Morgan fingerprint density at radius 2 is 1.63 bits per heavy atom. The molecule has 35 heavy (non-hydrogen) atoms. The summed E-state index contributed by atoms with van der Waals surface area (Å²) in [6, 6.07) is 16.3. The number of carbonyl (C=O) groups is 1. The third kappa shape index (κ3) is 4.67. The maximum Gasteiger partial charge on any atom is 0.226 e. The van der Waals surface area contributed by atoms with E-state index in [1.54, 1.807) is 14.2 Å². The molecular formula is C28H32N4O3. The fraction of sp³-hybridized carbons (Fsp3) is 0.393. The lowest BCUT2D eigenvalue weighted by molar-refractivity contribution is -0.137. The van der Waals surface area contributed by atoms with Crippen LogP contribution in [0.25, 0.3) is 11.3 Å². The molecule has 0 radical (unpaired) electrons. The highest BCUT2D eigenvalue weighted by Crippen LogP contribution is 2.34. The average Bonchev–Trinajstić information content (AvgIpc) is 2.92. The van der Waals surface area contributed by atoms with Gasteiger partial charge in [-0.15, -0.1) is 10.2 Å². The van der Waals surface area contributed by atoms with Gasteiger partial charge in [-0.2, -0.15) is 0 Å². The number of benzene rings is 2. The van der Waals surface area contributed by atoms with Crippen molar-refractivity contribution in [2.75, 3.05) is 38.8 Å². The fourth-order valence-corrected chi connectivity index (χ4v) is 5.18. The summed E-state index contributed by atoms with van der Waals surface area (Å²) in [5.41, 5.74) is 5.55. The minimum atomic E-state index is 0.0483. The second kappa shape index (κ2) is 9.94. The monoisotopic (exact) mass is 472 g/mol. The lowest BCUT2D eigenvalue weighted by Crippen LogP contribution is -2.44. The number of piperidine rings is 1. The highest BCUT2D eigenvalue weighted by Gasteiger charge is 2.31. The summed E-state index contributed by atoms with van der Waals surface area (Å²) in [5, 5.41) is 8.97. The van der Waals surface area contributed by atoms with Crippen LogP contribution in [0.5, 0.6) is 11.5 Å². The number of amides is 1. The smallest absolute Gasteiger partial charge is 0.226 e. The van der Waals surface area contributed by atoms with E-state index in [1.165, 1.54) is 11.1 Å². The Bertz CT molecular complexity index is 1200. The summed E-state index contributed by atoms with van der Waals surface area (Å²) >= 11 is 0. The van der Waals surface area contributed by atoms with E-state index in [2.05, 4.69) is 34.2 Å². The number of carbonyl (C=O) groups excluding carboxylic acids is 1. The Balaban J connectivity index is 1.20. The van der Waals surface area contributed by atoms with Crippen molar-refractivity contribution in [3.05, 3.63) is 65.2 Å². The van der Waals surface area contributed by atoms with Crippen molar-refractivity contribution in [2.45, 2.75) is 32.7 Å². The van der Waals surface area contributed by atoms with Gasteiger partial charge < -0.3 is 19.3 Å². The molecule has 0 atom stereocenters. The van der Waals surface area contributed by atoms with E-state index in [1.807, 2.05) is 41.3 Å². The van der Waals surface area contributed by atoms with Gasteiger partial charge in [0.15, 0.2) is 17.3 Å². The van der Waals surface area contributed by atoms with E-state index >= 15 is 0 Å². The molecule has 3 aromatic rings. The van der Waals surface area contributed by atoms with Gasteiger partial charge in [-0.05, 0) is 67.1 Å². The molecule has 0 saturated carbocycles. The normalized spacial score (nSPS) is 16.1. The topological polar surface area (TPSA) is 67.8 Å². The van der Waals surface area contributed by atoms with Crippen molar-refractivity contribution < 1.29 is 14.3 Å². The first-order valence-corrected chi connectivity index (χ1v) is 12.2. The SMILES string of the molecule is COc1cc2c(cc1OC)CN(C(=O)C1CCN(c3ccc(-c4ccccc4C)nn3)CC1)CC2. The summed E-state index contributed by atoms with van der Waals surface area (Å²) in [7, 11) is 3.30. The first-order chi connectivity index (χ1) is 17.1. The maximum atomic E-state index is 13.3. The molecule has 0 N–H and O–H groups in total. The first-order valence-electron chi connectivity index (χ1n) is 12.2. The van der Waals surface area contributed by atoms with E-state index in [4.69, 9.17) is 9.47 Å². The van der Waals surface area contributed by atoms with E-state index in [9.17, 15) is 4.79 Å². The van der Waals surface area contributed by atoms with E-state index in [-0.39, 0.29) is 11.8 Å². The largest absolute Gasteiger partial charge is 0.493 e. The number of rotatable bonds is 5. The summed E-state index contributed by atoms with van der Waals surface area (Å²) < 4.78 is 10.9. The van der Waals surface area contributed by atoms with Crippen molar-refractivity contribution in [1.82, 2.24) is 15.1 Å². The number of hydrogen-bond acceptors (Lipinski definition) is 6. The second-order valence-corrected chi connectivity index (χ2v) is 9.34. The minimum Gasteiger partial charge on any atom is -0.493 e. The molecule has 2 aromatic carbocycles. The molecule has 1 amide bonds. The molecule has 182 valence electrons. The van der Waals surface area contributed by atoms with Crippen LogP contribution in [-0.4, -0.2) is 54.9 Å². The molecule has 7 nitrogen and oxygen atoms in total. The van der Waals surface area contributed by atoms with E-state index in [0.29, 0.717) is 12.3 Å². The molecule has 0 aliphatic carbocycles. The standard InChI is InChI=1S/C28H32N4O3/c1-19-6-4-5-7-23(19)24-8-9-27(30-29-24)31-13-10-20(11-14-31)28(33)32-15-12-21-16-25(34-2)26(35-3)17-22(21)18-32/h4-9,16-17,20H,10-15,18H2,1-3H3. The van der Waals surface area contributed by atoms with Gasteiger partial charge in [0.2, 0.25) is 5.91 Å². The molecule has 0 spiro atoms. The molecule has 1 saturated heterocycles. The lowest BCUT2D eigenvalue weighted by atomic mass is 9.92. The zero-order chi connectivity index (χ0) is 24.4. The van der Waals surface area contributed by atoms with Crippen molar-refractivity contribution in [2.24, 2.45) is 5.92 Å². The van der Waals surface area contributed by atoms with Crippen LogP contribution < -0.4 is 14.4 Å². The van der Waals surface area contributed by atoms with Crippen molar-refractivity contribution in [3.63, 3.8) is 0 Å². The number of aryl methyl sites for hydroxylation is 1. The van der Waals surface area contributed by atoms with Crippen molar-refractivity contribution in [3.8, 4) is 22.8 Å². The van der Waals surface area contributed by atoms with Crippen LogP contribution in [0.2, 0.25) is 0 Å². The second-order valence-electron chi connectivity index (χ2n) is 9.34. The van der Waals surface area contributed by atoms with Crippen LogP contribution in [0.1, 0.15) is 29.5 Å². The number of anilines is 1. The van der Waals surface area contributed by atoms with Gasteiger partial charge in [0.25, 0.3) is 0 Å². The number of nitrogens with zero attached hydrogens (tertiary/aromatic N) is 4. The van der Waals surface area contributed by atoms with Gasteiger partial charge in [-0.25, -0.2) is 0 Å². The number of aromatic nitrogens is 2. The van der Waals surface area contributed by atoms with Gasteiger partial charge in [0.1, 0.15) is 0 Å². The molecule has 1 fully saturated rings. The van der Waals surface area contributed by atoms with Gasteiger partial charge in [0, 0.05) is 37.7 Å². The number of hydrogen-bond donors (Lipinski definition) is 0. The quantitative estimate of drug-likeness (QED) is 0.553. The van der Waals surface area contributed by atoms with E-state index in [0.717, 1.165) is 67.3 Å². The fourth-order valence-electron chi connectivity index (χ4n) is 5.18. The molecule has 1 aromatic heterocycles. The summed E-state index contributed by atoms with van der Waals surface area (Å²) in [5.74, 6) is 2.64. The molecule has 0 bridgehead atoms. The maximum absolute atomic E-state index is 13.3. The van der Waals surface area contributed by atoms with E-state index < -0.39 is 0 Å². The van der Waals surface area contributed by atoms with Crippen LogP contribution in [-0.2, 0) is 17.8 Å². The summed E-state index contributed by atoms with van der Waals surface area (Å²) in [6.45, 7) is 5.07. The van der Waals surface area contributed by atoms with Crippen LogP contribution in [0.4, 0.5) is 5.82 Å². The van der Waals surface area contributed by atoms with Crippen LogP contribution >= 0.6 is 0 Å². The molecule has 2 aliphatic rings. The highest BCUT2D eigenvalue weighted by atomic mass is 16.5. The molecule has 0 unspecified atom stereocenters. The van der Waals surface area contributed by atoms with Crippen LogP contribution in [0.3, 0.4) is 0 Å². The van der Waals surface area contributed by atoms with Crippen LogP contribution in [0.15, 0.2) is 48.5 Å². The number of fused-ring (bicyclic) bond motifs is 1. The lowest BCUT2D eigenvalue weighted by Gasteiger charge is -2.36. The third-order valence-electron chi connectivity index (χ3n) is 7.27. The zero-order valence-electron chi connectivity index (χ0n) is 20.7. The molecular weight excluding hydrogens is 440 g/mol. The van der Waals surface area contributed by atoms with Crippen LogP contribution in [0, 0.1) is 12.8 Å². The molecule has 7 heteroatoms. The Morgan fingerprint density at radius 1 is 0.914 bits per heavy atom. The highest BCUT2D eigenvalue weighted by molar-refractivity contribution is 5.79. The molecule has 5 rings (SSSR count). The third-order valence-corrected chi connectivity index (χ3v) is 7.27. The van der Waals surface area contributed by atoms with Gasteiger partial charge in [-0.1, -0.05) is 24.3 Å². The number of ether oxygens (including phenoxy) is 2. The van der Waals surface area contributed by atoms with Gasteiger partial charge in [-0.3, -0.25) is 4.79 Å². The Labute approximate surface area is 206 Å². The Morgan fingerprint density at radius 3 is 2.29 bits per heavy atom. The van der Waals surface area contributed by atoms with Crippen molar-refractivity contribution >= 4 is 11.7 Å². The minimum absolute atomic E-state index is 0.0483. The zero-order valence-corrected chi connectivity index (χ0v) is 20.7. The predicted octanol–water partition coefficient (Wildman–Crippen LogP) is 4.27. The predicted molar refractivity (Wildman–Crippen MR) is 136 cm³/mol. The van der Waals surface area contributed by atoms with Gasteiger partial charge >= 0.3 is 0 Å². The molecule has 3 heterocycles. The van der Waals surface area contributed by atoms with Crippen molar-refractivity contribution in [1.29, 1.82) is 0 Å². The Kier molecular flexibility index (Phi) is 6.57. The Hall–Kier alpha value is -3.61. The molecule has 2 aliphatic heterocycles. The summed E-state index contributed by atoms with van der Waals surface area (Å²) in [6.07, 6.45) is 2.49. The average molecular weight is 473 g/mol. The number of methoxy groups -OCH3 is 2.